The molecule has 1 spiro atoms. The van der Waals surface area contributed by atoms with Crippen molar-refractivity contribution >= 4 is 11.9 Å². The minimum Gasteiger partial charge on any atom is -0.345 e. The highest BCUT2D eigenvalue weighted by Gasteiger charge is 2.44. The van der Waals surface area contributed by atoms with E-state index in [1.54, 1.807) is 23.9 Å². The fourth-order valence-corrected chi connectivity index (χ4v) is 2.88. The normalized spacial score (nSPS) is 28.7. The molecule has 0 radical (unpaired) electrons. The van der Waals surface area contributed by atoms with E-state index in [1.807, 2.05) is 11.9 Å². The van der Waals surface area contributed by atoms with Crippen LogP contribution in [0.1, 0.15) is 6.42 Å². The van der Waals surface area contributed by atoms with Crippen molar-refractivity contribution in [3.8, 4) is 0 Å². The number of nitrogens with zero attached hydrogens (tertiary/aromatic N) is 3. The van der Waals surface area contributed by atoms with Crippen LogP contribution < -0.4 is 5.32 Å². The SMILES string of the molecule is CN(C)C(=O)N1CCNC[C@]2(CC(=O)N(C)C2)C1. The zero-order valence-corrected chi connectivity index (χ0v) is 11.4. The molecule has 18 heavy (non-hydrogen) atoms. The van der Waals surface area contributed by atoms with Gasteiger partial charge in [0.05, 0.1) is 0 Å². The lowest BCUT2D eigenvalue weighted by atomic mass is 9.86. The summed E-state index contributed by atoms with van der Waals surface area (Å²) >= 11 is 0. The van der Waals surface area contributed by atoms with E-state index in [9.17, 15) is 9.59 Å². The van der Waals surface area contributed by atoms with Crippen molar-refractivity contribution in [1.82, 2.24) is 20.0 Å². The number of amides is 3. The Morgan fingerprint density at radius 3 is 2.67 bits per heavy atom. The smallest absolute Gasteiger partial charge is 0.319 e. The molecule has 2 rings (SSSR count). The van der Waals surface area contributed by atoms with Gasteiger partial charge in [0.2, 0.25) is 5.91 Å². The van der Waals surface area contributed by atoms with Gasteiger partial charge in [-0.05, 0) is 0 Å². The molecule has 2 heterocycles. The average Bonchev–Trinajstić information content (AvgIpc) is 2.49. The van der Waals surface area contributed by atoms with Crippen LogP contribution in [0.3, 0.4) is 0 Å². The van der Waals surface area contributed by atoms with Gasteiger partial charge in [-0.25, -0.2) is 4.79 Å². The summed E-state index contributed by atoms with van der Waals surface area (Å²) in [6.45, 7) is 3.69. The summed E-state index contributed by atoms with van der Waals surface area (Å²) in [5.74, 6) is 0.177. The van der Waals surface area contributed by atoms with Crippen molar-refractivity contribution in [2.24, 2.45) is 5.41 Å². The molecule has 3 amide bonds. The summed E-state index contributed by atoms with van der Waals surface area (Å²) in [4.78, 5) is 29.1. The van der Waals surface area contributed by atoms with Crippen LogP contribution >= 0.6 is 0 Å². The molecule has 0 unspecified atom stereocenters. The predicted molar refractivity (Wildman–Crippen MR) is 68.2 cm³/mol. The summed E-state index contributed by atoms with van der Waals surface area (Å²) in [5.41, 5.74) is -0.117. The van der Waals surface area contributed by atoms with Crippen LogP contribution in [0, 0.1) is 5.41 Å². The molecule has 0 aromatic rings. The standard InChI is InChI=1S/C12H22N4O2/c1-14(2)11(18)16-5-4-13-7-12(9-16)6-10(17)15(3)8-12/h13H,4-9H2,1-3H3/t12-/m0/s1. The first kappa shape index (κ1) is 13.1. The molecular weight excluding hydrogens is 232 g/mol. The van der Waals surface area contributed by atoms with Crippen LogP contribution in [0.25, 0.3) is 0 Å². The Morgan fingerprint density at radius 2 is 2.11 bits per heavy atom. The molecule has 0 aromatic heterocycles. The molecule has 2 fully saturated rings. The Labute approximate surface area is 108 Å². The second kappa shape index (κ2) is 4.76. The molecule has 0 bridgehead atoms. The summed E-state index contributed by atoms with van der Waals surface area (Å²) < 4.78 is 0. The zero-order chi connectivity index (χ0) is 13.3. The highest BCUT2D eigenvalue weighted by atomic mass is 16.2. The van der Waals surface area contributed by atoms with E-state index >= 15 is 0 Å². The van der Waals surface area contributed by atoms with Crippen molar-refractivity contribution in [3.63, 3.8) is 0 Å². The Balaban J connectivity index is 2.13. The number of hydrogen-bond acceptors (Lipinski definition) is 3. The number of nitrogens with one attached hydrogen (secondary N) is 1. The van der Waals surface area contributed by atoms with Gasteiger partial charge in [0.15, 0.2) is 0 Å². The number of rotatable bonds is 0. The third kappa shape index (κ3) is 2.43. The molecule has 102 valence electrons. The van der Waals surface area contributed by atoms with Gasteiger partial charge in [0, 0.05) is 65.7 Å². The summed E-state index contributed by atoms with van der Waals surface area (Å²) in [5, 5.41) is 3.35. The Morgan fingerprint density at radius 1 is 1.39 bits per heavy atom. The van der Waals surface area contributed by atoms with Crippen molar-refractivity contribution in [1.29, 1.82) is 0 Å². The fraction of sp³-hybridized carbons (Fsp3) is 0.833. The zero-order valence-electron chi connectivity index (χ0n) is 11.4. The van der Waals surface area contributed by atoms with Gasteiger partial charge in [-0.15, -0.1) is 0 Å². The molecule has 6 heteroatoms. The maximum absolute atomic E-state index is 12.1. The Hall–Kier alpha value is -1.30. The van der Waals surface area contributed by atoms with Crippen molar-refractivity contribution in [3.05, 3.63) is 0 Å². The number of carbonyl (C=O) groups excluding carboxylic acids is 2. The van der Waals surface area contributed by atoms with Gasteiger partial charge < -0.3 is 20.0 Å². The fourth-order valence-electron chi connectivity index (χ4n) is 2.88. The van der Waals surface area contributed by atoms with Crippen LogP contribution in [0.2, 0.25) is 0 Å². The lowest BCUT2D eigenvalue weighted by Crippen LogP contribution is -2.46. The van der Waals surface area contributed by atoms with E-state index in [4.69, 9.17) is 0 Å². The van der Waals surface area contributed by atoms with E-state index in [1.165, 1.54) is 0 Å². The topological polar surface area (TPSA) is 55.9 Å². The molecule has 2 saturated heterocycles. The third-order valence-corrected chi connectivity index (χ3v) is 3.76. The molecular formula is C12H22N4O2. The Bertz CT molecular complexity index is 358. The minimum atomic E-state index is -0.117. The van der Waals surface area contributed by atoms with E-state index in [-0.39, 0.29) is 17.4 Å². The van der Waals surface area contributed by atoms with Gasteiger partial charge in [-0.2, -0.15) is 0 Å². The first-order valence-electron chi connectivity index (χ1n) is 6.34. The van der Waals surface area contributed by atoms with Crippen molar-refractivity contribution < 1.29 is 9.59 Å². The molecule has 0 aliphatic carbocycles. The van der Waals surface area contributed by atoms with E-state index in [0.29, 0.717) is 19.5 Å². The van der Waals surface area contributed by atoms with Crippen molar-refractivity contribution in [2.45, 2.75) is 6.42 Å². The van der Waals surface area contributed by atoms with Gasteiger partial charge in [0.1, 0.15) is 0 Å². The van der Waals surface area contributed by atoms with Crippen LogP contribution in [-0.4, -0.2) is 80.5 Å². The van der Waals surface area contributed by atoms with E-state index in [0.717, 1.165) is 19.6 Å². The molecule has 0 aromatic carbocycles. The first-order chi connectivity index (χ1) is 8.43. The van der Waals surface area contributed by atoms with Gasteiger partial charge >= 0.3 is 6.03 Å². The van der Waals surface area contributed by atoms with E-state index in [2.05, 4.69) is 5.32 Å². The molecule has 2 aliphatic heterocycles. The monoisotopic (exact) mass is 254 g/mol. The largest absolute Gasteiger partial charge is 0.345 e. The van der Waals surface area contributed by atoms with Crippen LogP contribution in [0.4, 0.5) is 4.79 Å². The molecule has 2 aliphatic rings. The number of hydrogen-bond donors (Lipinski definition) is 1. The highest BCUT2D eigenvalue weighted by molar-refractivity contribution is 5.80. The molecule has 1 N–H and O–H groups in total. The molecule has 1 atom stereocenters. The number of carbonyl (C=O) groups is 2. The summed E-state index contributed by atoms with van der Waals surface area (Å²) in [6, 6.07) is 0.0278. The molecule has 6 nitrogen and oxygen atoms in total. The van der Waals surface area contributed by atoms with Crippen LogP contribution in [-0.2, 0) is 4.79 Å². The lowest BCUT2D eigenvalue weighted by Gasteiger charge is -2.32. The average molecular weight is 254 g/mol. The number of likely N-dealkylation sites (tertiary alicyclic amines) is 1. The van der Waals surface area contributed by atoms with Gasteiger partial charge in [-0.1, -0.05) is 0 Å². The maximum Gasteiger partial charge on any atom is 0.319 e. The second-order valence-corrected chi connectivity index (χ2v) is 5.70. The third-order valence-electron chi connectivity index (χ3n) is 3.76. The Kier molecular flexibility index (Phi) is 3.47. The molecule has 0 saturated carbocycles. The highest BCUT2D eigenvalue weighted by Crippen LogP contribution is 2.32. The van der Waals surface area contributed by atoms with Crippen LogP contribution in [0.5, 0.6) is 0 Å². The summed E-state index contributed by atoms with van der Waals surface area (Å²) in [6.07, 6.45) is 0.535. The lowest BCUT2D eigenvalue weighted by molar-refractivity contribution is -0.126. The van der Waals surface area contributed by atoms with Gasteiger partial charge in [0.25, 0.3) is 0 Å². The minimum absolute atomic E-state index is 0.0278. The van der Waals surface area contributed by atoms with Gasteiger partial charge in [-0.3, -0.25) is 4.79 Å². The predicted octanol–water partition coefficient (Wildman–Crippen LogP) is -0.578. The van der Waals surface area contributed by atoms with E-state index < -0.39 is 0 Å². The maximum atomic E-state index is 12.1. The van der Waals surface area contributed by atoms with Crippen LogP contribution in [0.15, 0.2) is 0 Å². The number of urea groups is 1. The van der Waals surface area contributed by atoms with Crippen molar-refractivity contribution in [2.75, 3.05) is 53.9 Å². The summed E-state index contributed by atoms with van der Waals surface area (Å²) in [7, 11) is 5.36. The first-order valence-corrected chi connectivity index (χ1v) is 6.34. The quantitative estimate of drug-likeness (QED) is 0.629. The second-order valence-electron chi connectivity index (χ2n) is 5.70.